The summed E-state index contributed by atoms with van der Waals surface area (Å²) in [6, 6.07) is 2.01. The molecule has 3 N–H and O–H groups in total. The molecule has 0 radical (unpaired) electrons. The summed E-state index contributed by atoms with van der Waals surface area (Å²) in [7, 11) is 0. The van der Waals surface area contributed by atoms with Crippen LogP contribution in [0.3, 0.4) is 0 Å². The first-order valence-corrected chi connectivity index (χ1v) is 6.47. The topological polar surface area (TPSA) is 82.7 Å². The number of carbonyl (C=O) groups excluding carboxylic acids is 1. The number of carbonyl (C=O) groups is 1. The van der Waals surface area contributed by atoms with Crippen LogP contribution in [0.2, 0.25) is 0 Å². The van der Waals surface area contributed by atoms with Crippen LogP contribution in [0.5, 0.6) is 0 Å². The highest BCUT2D eigenvalue weighted by Crippen LogP contribution is 2.20. The molecule has 21 heavy (non-hydrogen) atoms. The van der Waals surface area contributed by atoms with Crippen LogP contribution in [-0.2, 0) is 6.42 Å². The van der Waals surface area contributed by atoms with Crippen molar-refractivity contribution in [3.63, 3.8) is 0 Å². The lowest BCUT2D eigenvalue weighted by Gasteiger charge is -2.09. The first kappa shape index (κ1) is 14.9. The number of hydrogen-bond acceptors (Lipinski definition) is 4. The number of aromatic nitrogens is 3. The molecule has 2 aromatic rings. The Balaban J connectivity index is 1.99. The van der Waals surface area contributed by atoms with Gasteiger partial charge >= 0.3 is 0 Å². The lowest BCUT2D eigenvalue weighted by molar-refractivity contribution is 0.0953. The van der Waals surface area contributed by atoms with Crippen LogP contribution in [0.1, 0.15) is 23.1 Å². The van der Waals surface area contributed by atoms with E-state index in [2.05, 4.69) is 25.8 Å². The molecule has 0 saturated carbocycles. The minimum atomic E-state index is -0.794. The van der Waals surface area contributed by atoms with Crippen molar-refractivity contribution in [3.8, 4) is 0 Å². The summed E-state index contributed by atoms with van der Waals surface area (Å²) in [6.07, 6.45) is 1.81. The smallest absolute Gasteiger partial charge is 0.251 e. The van der Waals surface area contributed by atoms with E-state index < -0.39 is 17.5 Å². The van der Waals surface area contributed by atoms with Gasteiger partial charge in [-0.3, -0.25) is 9.89 Å². The van der Waals surface area contributed by atoms with Crippen LogP contribution in [-0.4, -0.2) is 34.2 Å². The minimum Gasteiger partial charge on any atom is -0.381 e. The fourth-order valence-electron chi connectivity index (χ4n) is 1.80. The van der Waals surface area contributed by atoms with Crippen LogP contribution in [0.25, 0.3) is 0 Å². The third-order valence-electron chi connectivity index (χ3n) is 2.77. The number of nitrogens with one attached hydrogen (secondary N) is 3. The number of amides is 1. The Morgan fingerprint density at radius 2 is 2.05 bits per heavy atom. The van der Waals surface area contributed by atoms with Gasteiger partial charge in [0.1, 0.15) is 29.5 Å². The van der Waals surface area contributed by atoms with E-state index in [0.29, 0.717) is 18.8 Å². The van der Waals surface area contributed by atoms with Gasteiger partial charge in [0.2, 0.25) is 0 Å². The molecule has 6 nitrogen and oxygen atoms in total. The Morgan fingerprint density at radius 3 is 2.62 bits per heavy atom. The molecule has 1 aromatic carbocycles. The van der Waals surface area contributed by atoms with Crippen molar-refractivity contribution in [2.75, 3.05) is 18.4 Å². The van der Waals surface area contributed by atoms with Gasteiger partial charge in [0.25, 0.3) is 5.91 Å². The number of anilines is 1. The van der Waals surface area contributed by atoms with E-state index in [4.69, 9.17) is 0 Å². The fourth-order valence-corrected chi connectivity index (χ4v) is 1.80. The molecule has 0 unspecified atom stereocenters. The number of H-pyrrole nitrogens is 1. The Hall–Kier alpha value is -2.51. The molecule has 0 fully saturated rings. The fraction of sp³-hybridized carbons (Fsp3) is 0.308. The highest BCUT2D eigenvalue weighted by Gasteiger charge is 2.14. The predicted octanol–water partition coefficient (Wildman–Crippen LogP) is 1.49. The summed E-state index contributed by atoms with van der Waals surface area (Å²) in [5.41, 5.74) is -0.292. The molecule has 0 spiro atoms. The average molecular weight is 295 g/mol. The van der Waals surface area contributed by atoms with Crippen molar-refractivity contribution in [1.82, 2.24) is 20.5 Å². The summed E-state index contributed by atoms with van der Waals surface area (Å²) < 4.78 is 27.4. The summed E-state index contributed by atoms with van der Waals surface area (Å²) >= 11 is 0. The molecule has 0 saturated heterocycles. The molecule has 1 aromatic heterocycles. The van der Waals surface area contributed by atoms with Crippen LogP contribution >= 0.6 is 0 Å². The highest BCUT2D eigenvalue weighted by atomic mass is 19.1. The highest BCUT2D eigenvalue weighted by molar-refractivity contribution is 5.94. The van der Waals surface area contributed by atoms with Crippen molar-refractivity contribution in [3.05, 3.63) is 41.5 Å². The van der Waals surface area contributed by atoms with E-state index in [0.717, 1.165) is 12.1 Å². The molecule has 0 aliphatic rings. The monoisotopic (exact) mass is 295 g/mol. The van der Waals surface area contributed by atoms with Gasteiger partial charge in [-0.15, -0.1) is 0 Å². The zero-order valence-corrected chi connectivity index (χ0v) is 11.4. The Labute approximate surface area is 120 Å². The van der Waals surface area contributed by atoms with Gasteiger partial charge in [0.05, 0.1) is 0 Å². The second-order valence-electron chi connectivity index (χ2n) is 4.28. The number of aromatic amines is 1. The Kier molecular flexibility index (Phi) is 4.81. The first-order chi connectivity index (χ1) is 10.1. The molecule has 1 amide bonds. The van der Waals surface area contributed by atoms with Crippen LogP contribution in [0.4, 0.5) is 14.5 Å². The van der Waals surface area contributed by atoms with E-state index >= 15 is 0 Å². The van der Waals surface area contributed by atoms with Crippen LogP contribution < -0.4 is 10.6 Å². The third-order valence-corrected chi connectivity index (χ3v) is 2.77. The van der Waals surface area contributed by atoms with E-state index in [9.17, 15) is 13.6 Å². The van der Waals surface area contributed by atoms with Crippen molar-refractivity contribution in [2.45, 2.75) is 13.3 Å². The summed E-state index contributed by atoms with van der Waals surface area (Å²) in [4.78, 5) is 15.7. The average Bonchev–Trinajstić information content (AvgIpc) is 2.95. The normalized spacial score (nSPS) is 10.4. The maximum atomic E-state index is 13.7. The predicted molar refractivity (Wildman–Crippen MR) is 72.9 cm³/mol. The van der Waals surface area contributed by atoms with Crippen LogP contribution in [0.15, 0.2) is 18.5 Å². The Bertz CT molecular complexity index is 592. The maximum absolute atomic E-state index is 13.7. The maximum Gasteiger partial charge on any atom is 0.251 e. The molecule has 8 heteroatoms. The van der Waals surface area contributed by atoms with E-state index in [1.807, 2.05) is 0 Å². The standard InChI is InChI=1S/C13H15F2N5O/c1-2-16-12-9(14)5-8(6-10(12)15)13(21)17-4-3-11-18-7-19-20-11/h5-7,16H,2-4H2,1H3,(H,17,21)(H,18,19,20). The van der Waals surface area contributed by atoms with Gasteiger partial charge in [-0.25, -0.2) is 13.8 Å². The number of rotatable bonds is 6. The van der Waals surface area contributed by atoms with Gasteiger partial charge in [-0.05, 0) is 19.1 Å². The number of halogens is 2. The van der Waals surface area contributed by atoms with Crippen LogP contribution in [0, 0.1) is 11.6 Å². The first-order valence-electron chi connectivity index (χ1n) is 6.47. The summed E-state index contributed by atoms with van der Waals surface area (Å²) in [5.74, 6) is -1.51. The van der Waals surface area contributed by atoms with E-state index in [-0.39, 0.29) is 17.8 Å². The summed E-state index contributed by atoms with van der Waals surface area (Å²) in [6.45, 7) is 2.39. The zero-order chi connectivity index (χ0) is 15.2. The quantitative estimate of drug-likeness (QED) is 0.754. The largest absolute Gasteiger partial charge is 0.381 e. The number of hydrogen-bond donors (Lipinski definition) is 3. The summed E-state index contributed by atoms with van der Waals surface area (Å²) in [5, 5.41) is 11.5. The zero-order valence-electron chi connectivity index (χ0n) is 11.4. The van der Waals surface area contributed by atoms with E-state index in [1.54, 1.807) is 6.92 Å². The number of benzene rings is 1. The van der Waals surface area contributed by atoms with Crippen molar-refractivity contribution < 1.29 is 13.6 Å². The van der Waals surface area contributed by atoms with Crippen molar-refractivity contribution >= 4 is 11.6 Å². The molecular formula is C13H15F2N5O. The van der Waals surface area contributed by atoms with Gasteiger partial charge in [-0.2, -0.15) is 5.10 Å². The molecule has 0 aliphatic heterocycles. The lowest BCUT2D eigenvalue weighted by atomic mass is 10.1. The van der Waals surface area contributed by atoms with Gasteiger partial charge in [-0.1, -0.05) is 0 Å². The van der Waals surface area contributed by atoms with E-state index in [1.165, 1.54) is 6.33 Å². The molecule has 2 rings (SSSR count). The number of nitrogens with zero attached hydrogens (tertiary/aromatic N) is 2. The Morgan fingerprint density at radius 1 is 1.33 bits per heavy atom. The molecule has 112 valence electrons. The molecule has 0 bridgehead atoms. The molecule has 1 heterocycles. The second-order valence-corrected chi connectivity index (χ2v) is 4.28. The SMILES string of the molecule is CCNc1c(F)cc(C(=O)NCCc2ncn[nH]2)cc1F. The van der Waals surface area contributed by atoms with Gasteiger partial charge in [0.15, 0.2) is 0 Å². The molecule has 0 aliphatic carbocycles. The van der Waals surface area contributed by atoms with Crippen molar-refractivity contribution in [2.24, 2.45) is 0 Å². The lowest BCUT2D eigenvalue weighted by Crippen LogP contribution is -2.26. The minimum absolute atomic E-state index is 0.0655. The molecular weight excluding hydrogens is 280 g/mol. The second kappa shape index (κ2) is 6.78. The third kappa shape index (κ3) is 3.74. The van der Waals surface area contributed by atoms with Gasteiger partial charge < -0.3 is 10.6 Å². The molecule has 0 atom stereocenters. The van der Waals surface area contributed by atoms with Gasteiger partial charge in [0, 0.05) is 25.1 Å². The van der Waals surface area contributed by atoms with Crippen molar-refractivity contribution in [1.29, 1.82) is 0 Å².